The van der Waals surface area contributed by atoms with Gasteiger partial charge in [0.25, 0.3) is 0 Å². The maximum absolute atomic E-state index is 11.3. The highest BCUT2D eigenvalue weighted by molar-refractivity contribution is 6.18. The normalized spacial score (nSPS) is 12.3. The highest BCUT2D eigenvalue weighted by atomic mass is 16.5. The van der Waals surface area contributed by atoms with Crippen LogP contribution < -0.4 is 19.8 Å². The van der Waals surface area contributed by atoms with Gasteiger partial charge in [-0.1, -0.05) is 185 Å². The molecule has 0 fully saturated rings. The third kappa shape index (κ3) is 8.29. The zero-order valence-electron chi connectivity index (χ0n) is 45.1. The second kappa shape index (κ2) is 20.5. The Morgan fingerprint density at radius 3 is 1.88 bits per heavy atom. The summed E-state index contributed by atoms with van der Waals surface area (Å²) in [6.07, 6.45) is 5.26. The van der Waals surface area contributed by atoms with Crippen LogP contribution in [0.3, 0.4) is 0 Å². The minimum absolute atomic E-state index is 0.278. The molecule has 3 heterocycles. The van der Waals surface area contributed by atoms with Crippen molar-refractivity contribution in [2.75, 3.05) is 9.80 Å². The van der Waals surface area contributed by atoms with Gasteiger partial charge >= 0.3 is 0 Å². The number of rotatable bonds is 8. The summed E-state index contributed by atoms with van der Waals surface area (Å²) in [5, 5.41) is 21.3. The number of fused-ring (bicyclic) bond motifs is 8. The summed E-state index contributed by atoms with van der Waals surface area (Å²) in [7, 11) is 0. The van der Waals surface area contributed by atoms with E-state index in [0.29, 0.717) is 0 Å². The summed E-state index contributed by atoms with van der Waals surface area (Å²) >= 11 is 0. The van der Waals surface area contributed by atoms with E-state index in [1.54, 1.807) is 0 Å². The van der Waals surface area contributed by atoms with E-state index in [1.165, 1.54) is 21.9 Å². The van der Waals surface area contributed by atoms with Crippen LogP contribution in [0.15, 0.2) is 227 Å². The van der Waals surface area contributed by atoms with E-state index in [9.17, 15) is 5.11 Å². The van der Waals surface area contributed by atoms with E-state index in [2.05, 4.69) is 194 Å². The maximum atomic E-state index is 11.3. The Morgan fingerprint density at radius 2 is 1.12 bits per heavy atom. The van der Waals surface area contributed by atoms with E-state index in [1.807, 2.05) is 83.1 Å². The van der Waals surface area contributed by atoms with Gasteiger partial charge < -0.3 is 28.5 Å². The molecule has 0 amide bonds. The van der Waals surface area contributed by atoms with Crippen LogP contribution in [0.5, 0.6) is 17.2 Å². The summed E-state index contributed by atoms with van der Waals surface area (Å²) in [6, 6.07) is 71.9. The molecule has 14 rings (SSSR count). The zero-order chi connectivity index (χ0) is 53.6. The smallest absolute Gasteiger partial charge is 0.159 e. The topological polar surface area (TPSA) is 62.2 Å². The first-order valence-electron chi connectivity index (χ1n) is 27.2. The molecule has 0 saturated heterocycles. The Kier molecular flexibility index (Phi) is 13.0. The first-order valence-corrected chi connectivity index (χ1v) is 27.2. The number of anilines is 5. The minimum Gasteiger partial charge on any atom is -0.507 e. The molecule has 6 nitrogen and oxygen atoms in total. The van der Waals surface area contributed by atoms with Gasteiger partial charge in [-0.3, -0.25) is 0 Å². The Hall–Kier alpha value is -9.52. The molecule has 1 N–H and O–H groups in total. The molecule has 11 aromatic carbocycles. The van der Waals surface area contributed by atoms with Crippen molar-refractivity contribution in [1.29, 1.82) is 0 Å². The summed E-state index contributed by atoms with van der Waals surface area (Å²) in [5.41, 5.74) is 15.0. The van der Waals surface area contributed by atoms with E-state index < -0.39 is 0 Å². The molecule has 1 aliphatic heterocycles. The van der Waals surface area contributed by atoms with Crippen LogP contribution in [0.1, 0.15) is 56.9 Å². The number of aryl methyl sites for hydroxylation is 2. The first kappa shape index (κ1) is 49.4. The van der Waals surface area contributed by atoms with Crippen molar-refractivity contribution in [3.05, 3.63) is 246 Å². The fourth-order valence-corrected chi connectivity index (χ4v) is 11.5. The monoisotopic (exact) mass is 1020 g/mol. The molecule has 0 atom stereocenters. The molecule has 1 aliphatic rings. The van der Waals surface area contributed by atoms with Gasteiger partial charge in [-0.25, -0.2) is 0 Å². The maximum Gasteiger partial charge on any atom is 0.159 e. The van der Waals surface area contributed by atoms with Crippen LogP contribution in [-0.2, 0) is 6.42 Å². The number of benzene rings is 11. The van der Waals surface area contributed by atoms with Crippen LogP contribution in [0, 0.1) is 13.8 Å². The van der Waals surface area contributed by atoms with Gasteiger partial charge in [-0.2, -0.15) is 0 Å². The fraction of sp³-hybridized carbons (Fsp3) is 0.111. The van der Waals surface area contributed by atoms with Crippen LogP contribution in [0.25, 0.3) is 82.6 Å². The van der Waals surface area contributed by atoms with Crippen molar-refractivity contribution in [1.82, 2.24) is 0 Å². The molecule has 0 bridgehead atoms. The van der Waals surface area contributed by atoms with E-state index in [-0.39, 0.29) is 5.75 Å². The molecule has 2 aromatic heterocycles. The predicted molar refractivity (Wildman–Crippen MR) is 328 cm³/mol. The van der Waals surface area contributed by atoms with Crippen molar-refractivity contribution in [3.63, 3.8) is 0 Å². The molecule has 0 radical (unpaired) electrons. The van der Waals surface area contributed by atoms with Crippen LogP contribution in [0.4, 0.5) is 28.4 Å². The quantitative estimate of drug-likeness (QED) is 0.164. The van der Waals surface area contributed by atoms with Crippen molar-refractivity contribution in [3.8, 4) is 28.4 Å². The summed E-state index contributed by atoms with van der Waals surface area (Å²) in [6.45, 7) is 14.3. The molecular formula is C72H60N2O4. The second-order valence-electron chi connectivity index (χ2n) is 19.5. The van der Waals surface area contributed by atoms with E-state index in [0.717, 1.165) is 134 Å². The predicted octanol–water partition coefficient (Wildman–Crippen LogP) is 20.2. The van der Waals surface area contributed by atoms with Crippen molar-refractivity contribution in [2.45, 2.75) is 54.9 Å². The summed E-state index contributed by atoms with van der Waals surface area (Å²) < 4.78 is 20.4. The van der Waals surface area contributed by atoms with Gasteiger partial charge in [-0.05, 0) is 125 Å². The van der Waals surface area contributed by atoms with Crippen molar-refractivity contribution < 1.29 is 18.7 Å². The Bertz CT molecular complexity index is 4520. The summed E-state index contributed by atoms with van der Waals surface area (Å²) in [4.78, 5) is 4.62. The lowest BCUT2D eigenvalue weighted by molar-refractivity contribution is 0.461. The number of ether oxygens (including phenoxy) is 1. The van der Waals surface area contributed by atoms with Crippen LogP contribution in [0.2, 0.25) is 0 Å². The number of aromatic hydroxyl groups is 1. The van der Waals surface area contributed by atoms with Gasteiger partial charge in [0.2, 0.25) is 0 Å². The first-order chi connectivity index (χ1) is 38.4. The van der Waals surface area contributed by atoms with Gasteiger partial charge in [0.15, 0.2) is 16.9 Å². The largest absolute Gasteiger partial charge is 0.507 e. The van der Waals surface area contributed by atoms with E-state index in [4.69, 9.17) is 13.6 Å². The molecule has 6 heteroatoms. The van der Waals surface area contributed by atoms with Crippen molar-refractivity contribution in [2.24, 2.45) is 0 Å². The van der Waals surface area contributed by atoms with Crippen LogP contribution >= 0.6 is 0 Å². The molecular weight excluding hydrogens is 957 g/mol. The lowest BCUT2D eigenvalue weighted by Gasteiger charge is -2.30. The van der Waals surface area contributed by atoms with E-state index >= 15 is 0 Å². The number of nitrogens with zero attached hydrogens (tertiary/aromatic N) is 2. The standard InChI is InChI=1S/C68H48N2O4.2C2H6/c1-41-31-33-45-36-38-56(70(49-19-11-17-46(40-49)50-22-10-15-42(2)65(50)71)59-27-14-24-54-52-21-6-9-30-62(52)74-68(54)59)55-37-35-44(63(41)64(45)55)34-32-43(3)69(58-26-13-23-53-51-20-5-8-29-61(51)73-67(53)58)57-25-12-18-48-39-47-16-4-7-28-60(47)72-66(48)57;2*1-2/h4-38,40,71H,39H2,1-3H3;2*1-2H3/b43-32+,44-34-;;. The molecule has 13 aromatic rings. The highest BCUT2D eigenvalue weighted by Crippen LogP contribution is 2.50. The lowest BCUT2D eigenvalue weighted by atomic mass is 9.93. The molecule has 0 spiro atoms. The molecule has 382 valence electrons. The Morgan fingerprint density at radius 1 is 0.500 bits per heavy atom. The third-order valence-electron chi connectivity index (χ3n) is 15.0. The van der Waals surface area contributed by atoms with Crippen molar-refractivity contribution >= 4 is 99.9 Å². The van der Waals surface area contributed by atoms with Gasteiger partial charge in [0.1, 0.15) is 22.7 Å². The fourth-order valence-electron chi connectivity index (χ4n) is 11.5. The van der Waals surface area contributed by atoms with Gasteiger partial charge in [0.05, 0.1) is 22.7 Å². The average molecular weight is 1020 g/mol. The molecule has 0 aliphatic carbocycles. The number of para-hydroxylation sites is 7. The number of phenols is 1. The minimum atomic E-state index is 0.278. The number of hydrogen-bond acceptors (Lipinski definition) is 6. The second-order valence-corrected chi connectivity index (χ2v) is 19.5. The third-order valence-corrected chi connectivity index (χ3v) is 15.0. The number of hydrogen-bond donors (Lipinski definition) is 1. The van der Waals surface area contributed by atoms with Crippen LogP contribution in [-0.4, -0.2) is 5.11 Å². The highest BCUT2D eigenvalue weighted by Gasteiger charge is 2.27. The number of allylic oxidation sites excluding steroid dienone is 2. The number of phenolic OH excluding ortho intramolecular Hbond substituents is 1. The SMILES string of the molecule is C/C(=C\C=c1\ccc2c(N(c3cccc(-c4cccc(C)c4O)c3)c3cccc4c3oc3ccccc34)ccc3ccc(C)c1c32)N(c1cccc2c1Oc1ccccc1C2)c1cccc2c1oc1ccccc12.CC.CC. The lowest BCUT2D eigenvalue weighted by Crippen LogP contribution is -2.17. The summed E-state index contributed by atoms with van der Waals surface area (Å²) in [5.74, 6) is 1.99. The molecule has 0 saturated carbocycles. The van der Waals surface area contributed by atoms with Gasteiger partial charge in [-0.15, -0.1) is 0 Å². The Labute approximate surface area is 455 Å². The molecule has 78 heavy (non-hydrogen) atoms. The molecule has 0 unspecified atom stereocenters. The zero-order valence-corrected chi connectivity index (χ0v) is 45.1. The number of furan rings is 2. The average Bonchev–Trinajstić information content (AvgIpc) is 4.24. The Balaban J connectivity index is 0.00000149. The van der Waals surface area contributed by atoms with Gasteiger partial charge in [0, 0.05) is 55.9 Å².